The fourth-order valence-electron chi connectivity index (χ4n) is 9.81. The molecule has 2 saturated heterocycles. The second-order valence-corrected chi connectivity index (χ2v) is 17.0. The number of piperidine rings is 2. The Morgan fingerprint density at radius 1 is 0.891 bits per heavy atom. The van der Waals surface area contributed by atoms with E-state index in [0.29, 0.717) is 62.2 Å². The van der Waals surface area contributed by atoms with Crippen molar-refractivity contribution >= 4 is 45.9 Å². The molecule has 1 spiro atoms. The van der Waals surface area contributed by atoms with Crippen LogP contribution in [0.1, 0.15) is 98.2 Å². The Morgan fingerprint density at radius 2 is 1.65 bits per heavy atom. The van der Waals surface area contributed by atoms with Crippen LogP contribution >= 0.6 is 0 Å². The molecule has 6 aliphatic rings. The summed E-state index contributed by atoms with van der Waals surface area (Å²) >= 11 is 0. The quantitative estimate of drug-likeness (QED) is 0.213. The highest BCUT2D eigenvalue weighted by Crippen LogP contribution is 2.53. The molecule has 2 aromatic heterocycles. The molecule has 3 amide bonds. The van der Waals surface area contributed by atoms with Gasteiger partial charge in [-0.1, -0.05) is 24.6 Å². The number of aryl methyl sites for hydroxylation is 1. The monoisotopic (exact) mass is 742 g/mol. The van der Waals surface area contributed by atoms with Crippen molar-refractivity contribution < 1.29 is 19.5 Å². The largest absolute Gasteiger partial charge is 0.380 e. The van der Waals surface area contributed by atoms with E-state index >= 15 is 0 Å². The predicted molar refractivity (Wildman–Crippen MR) is 210 cm³/mol. The van der Waals surface area contributed by atoms with Crippen molar-refractivity contribution in [1.82, 2.24) is 29.7 Å². The molecule has 0 bridgehead atoms. The third-order valence-electron chi connectivity index (χ3n) is 13.5. The van der Waals surface area contributed by atoms with Gasteiger partial charge in [-0.05, 0) is 120 Å². The molecule has 3 aliphatic heterocycles. The summed E-state index contributed by atoms with van der Waals surface area (Å²) in [7, 11) is 1.64. The molecule has 3 N–H and O–H groups in total. The minimum absolute atomic E-state index is 0.123. The van der Waals surface area contributed by atoms with Crippen LogP contribution in [-0.4, -0.2) is 98.1 Å². The molecule has 55 heavy (non-hydrogen) atoms. The normalized spacial score (nSPS) is 24.2. The van der Waals surface area contributed by atoms with Crippen LogP contribution in [0.15, 0.2) is 48.8 Å². The standard InChI is InChI=1S/C43H50N8O4/c1-26-6-8-28(21-32(26)39(52)44-2)46-38-37-35(45-25-50(37)29-9-10-29)24-34(47-38)27-7-11-33-36(20-27)51(31-22-30(23-31)48-16-4-3-5-17-48)40(53)42(33)14-18-49(19-15-42)41(54)43(55)12-13-43/h6-8,11,20-21,24-25,29-31,55H,3-5,9-10,12-19,22-23H2,1-2H3,(H,44,52)(H,46,47). The summed E-state index contributed by atoms with van der Waals surface area (Å²) < 4.78 is 2.21. The highest BCUT2D eigenvalue weighted by Gasteiger charge is 2.57. The molecule has 12 nitrogen and oxygen atoms in total. The maximum Gasteiger partial charge on any atom is 0.254 e. The first-order valence-electron chi connectivity index (χ1n) is 20.4. The number of benzene rings is 2. The lowest BCUT2D eigenvalue weighted by Crippen LogP contribution is -2.58. The first-order valence-corrected chi connectivity index (χ1v) is 20.4. The lowest BCUT2D eigenvalue weighted by molar-refractivity contribution is -0.145. The van der Waals surface area contributed by atoms with Crippen LogP contribution in [0.25, 0.3) is 22.3 Å². The van der Waals surface area contributed by atoms with Crippen molar-refractivity contribution in [3.05, 3.63) is 65.5 Å². The zero-order chi connectivity index (χ0) is 37.6. The number of anilines is 3. The molecule has 5 heterocycles. The maximum absolute atomic E-state index is 14.9. The van der Waals surface area contributed by atoms with E-state index in [-0.39, 0.29) is 23.8 Å². The Kier molecular flexibility index (Phi) is 8.12. The molecule has 10 rings (SSSR count). The van der Waals surface area contributed by atoms with Gasteiger partial charge in [-0.2, -0.15) is 0 Å². The Bertz CT molecular complexity index is 2220. The van der Waals surface area contributed by atoms with E-state index in [1.54, 1.807) is 11.9 Å². The van der Waals surface area contributed by atoms with E-state index in [9.17, 15) is 19.5 Å². The number of aromatic nitrogens is 3. The van der Waals surface area contributed by atoms with Gasteiger partial charge >= 0.3 is 0 Å². The van der Waals surface area contributed by atoms with Crippen LogP contribution in [0.5, 0.6) is 0 Å². The zero-order valence-corrected chi connectivity index (χ0v) is 31.8. The highest BCUT2D eigenvalue weighted by molar-refractivity contribution is 6.09. The number of carbonyl (C=O) groups excluding carboxylic acids is 3. The lowest BCUT2D eigenvalue weighted by atomic mass is 9.73. The number of rotatable bonds is 8. The number of hydrogen-bond acceptors (Lipinski definition) is 8. The van der Waals surface area contributed by atoms with Crippen LogP contribution in [0.2, 0.25) is 0 Å². The SMILES string of the molecule is CNC(=O)c1cc(Nc2nc(-c3ccc4c(c3)N(C3CC(N5CCCCC5)C3)C(=O)C43CCN(C(=O)C4(O)CC4)CC3)cc3ncn(C4CC4)c23)ccc1C. The Labute approximate surface area is 321 Å². The minimum atomic E-state index is -1.21. The zero-order valence-electron chi connectivity index (χ0n) is 31.8. The molecule has 0 atom stereocenters. The number of hydrogen-bond donors (Lipinski definition) is 3. The van der Waals surface area contributed by atoms with Crippen LogP contribution < -0.4 is 15.5 Å². The van der Waals surface area contributed by atoms with Gasteiger partial charge in [0.25, 0.3) is 11.8 Å². The van der Waals surface area contributed by atoms with Gasteiger partial charge in [0.1, 0.15) is 11.1 Å². The Balaban J connectivity index is 1.02. The molecular weight excluding hydrogens is 693 g/mol. The Morgan fingerprint density at radius 3 is 2.36 bits per heavy atom. The first-order chi connectivity index (χ1) is 26.7. The summed E-state index contributed by atoms with van der Waals surface area (Å²) in [5, 5.41) is 16.9. The predicted octanol–water partition coefficient (Wildman–Crippen LogP) is 5.59. The van der Waals surface area contributed by atoms with E-state index < -0.39 is 11.0 Å². The number of carbonyl (C=O) groups is 3. The maximum atomic E-state index is 14.9. The lowest BCUT2D eigenvalue weighted by Gasteiger charge is -2.48. The molecule has 0 radical (unpaired) electrons. The first kappa shape index (κ1) is 34.7. The summed E-state index contributed by atoms with van der Waals surface area (Å²) in [5.74, 6) is 0.497. The number of amides is 3. The van der Waals surface area contributed by atoms with Crippen molar-refractivity contribution in [2.75, 3.05) is 43.4 Å². The molecule has 12 heteroatoms. The van der Waals surface area contributed by atoms with Crippen molar-refractivity contribution in [3.63, 3.8) is 0 Å². The summed E-state index contributed by atoms with van der Waals surface area (Å²) in [6.45, 7) is 5.13. The van der Waals surface area contributed by atoms with Gasteiger partial charge in [-0.25, -0.2) is 9.97 Å². The number of imidazole rings is 1. The Hall–Kier alpha value is -4.81. The second-order valence-electron chi connectivity index (χ2n) is 17.0. The third kappa shape index (κ3) is 5.74. The number of nitrogens with zero attached hydrogens (tertiary/aromatic N) is 6. The van der Waals surface area contributed by atoms with Crippen molar-refractivity contribution in [2.24, 2.45) is 0 Å². The van der Waals surface area contributed by atoms with Crippen LogP contribution in [0, 0.1) is 6.92 Å². The molecule has 2 aromatic carbocycles. The minimum Gasteiger partial charge on any atom is -0.380 e. The van der Waals surface area contributed by atoms with Crippen LogP contribution in [0.4, 0.5) is 17.2 Å². The molecule has 0 unspecified atom stereocenters. The van der Waals surface area contributed by atoms with Gasteiger partial charge in [-0.15, -0.1) is 0 Å². The average Bonchev–Trinajstić information content (AvgIpc) is 4.12. The number of likely N-dealkylation sites (tertiary alicyclic amines) is 2. The molecular formula is C43H50N8O4. The summed E-state index contributed by atoms with van der Waals surface area (Å²) in [4.78, 5) is 57.3. The number of nitrogens with one attached hydrogen (secondary N) is 2. The van der Waals surface area contributed by atoms with Gasteiger partial charge in [0.15, 0.2) is 5.82 Å². The van der Waals surface area contributed by atoms with Gasteiger partial charge in [0.05, 0.1) is 23.0 Å². The molecule has 5 fully saturated rings. The summed E-state index contributed by atoms with van der Waals surface area (Å²) in [5.41, 5.74) is 5.77. The fourth-order valence-corrected chi connectivity index (χ4v) is 9.81. The van der Waals surface area contributed by atoms with Gasteiger partial charge in [0.2, 0.25) is 5.91 Å². The highest BCUT2D eigenvalue weighted by atomic mass is 16.3. The summed E-state index contributed by atoms with van der Waals surface area (Å²) in [6, 6.07) is 15.2. The van der Waals surface area contributed by atoms with Gasteiger partial charge in [-0.3, -0.25) is 14.4 Å². The number of fused-ring (bicyclic) bond motifs is 3. The average molecular weight is 743 g/mol. The topological polar surface area (TPSA) is 136 Å². The number of pyridine rings is 1. The van der Waals surface area contributed by atoms with E-state index in [1.165, 1.54) is 19.3 Å². The van der Waals surface area contributed by atoms with Crippen LogP contribution in [0.3, 0.4) is 0 Å². The van der Waals surface area contributed by atoms with Gasteiger partial charge in [0, 0.05) is 60.8 Å². The van der Waals surface area contributed by atoms with Gasteiger partial charge < -0.3 is 35.0 Å². The van der Waals surface area contributed by atoms with Crippen LogP contribution in [-0.2, 0) is 15.0 Å². The van der Waals surface area contributed by atoms with E-state index in [1.807, 2.05) is 37.5 Å². The van der Waals surface area contributed by atoms with Crippen molar-refractivity contribution in [2.45, 2.75) is 107 Å². The van der Waals surface area contributed by atoms with Crippen molar-refractivity contribution in [3.8, 4) is 11.3 Å². The number of aliphatic hydroxyl groups is 1. The fraction of sp³-hybridized carbons (Fsp3) is 0.512. The second kappa shape index (κ2) is 12.9. The molecule has 3 saturated carbocycles. The molecule has 3 aliphatic carbocycles. The van der Waals surface area contributed by atoms with Crippen molar-refractivity contribution in [1.29, 1.82) is 0 Å². The van der Waals surface area contributed by atoms with E-state index in [0.717, 1.165) is 83.6 Å². The molecule has 4 aromatic rings. The smallest absolute Gasteiger partial charge is 0.254 e. The third-order valence-corrected chi connectivity index (χ3v) is 13.5. The van der Waals surface area contributed by atoms with E-state index in [4.69, 9.17) is 9.97 Å². The van der Waals surface area contributed by atoms with E-state index in [2.05, 4.69) is 43.2 Å². The summed E-state index contributed by atoms with van der Waals surface area (Å²) in [6.07, 6.45) is 12.0. The molecule has 286 valence electrons.